The highest BCUT2D eigenvalue weighted by molar-refractivity contribution is 7.18. The monoisotopic (exact) mass is 473 g/mol. The number of carbonyl (C=O) groups excluding carboxylic acids is 2. The molecule has 4 aromatic rings. The van der Waals surface area contributed by atoms with E-state index in [0.29, 0.717) is 22.8 Å². The van der Waals surface area contributed by atoms with Crippen molar-refractivity contribution in [2.75, 3.05) is 14.2 Å². The van der Waals surface area contributed by atoms with Crippen molar-refractivity contribution in [3.63, 3.8) is 0 Å². The maximum Gasteiger partial charge on any atom is 0.181 e. The first-order valence-corrected chi connectivity index (χ1v) is 12.1. The van der Waals surface area contributed by atoms with Gasteiger partial charge >= 0.3 is 0 Å². The number of hydrogen-bond donors (Lipinski definition) is 0. The summed E-state index contributed by atoms with van der Waals surface area (Å²) >= 11 is 1.70. The number of carbonyl (C=O) groups is 2. The number of ketones is 2. The number of benzene rings is 2. The van der Waals surface area contributed by atoms with E-state index in [0.717, 1.165) is 28.6 Å². The van der Waals surface area contributed by atoms with Crippen LogP contribution in [-0.2, 0) is 6.42 Å². The largest absolute Gasteiger partial charge is 0.493 e. The van der Waals surface area contributed by atoms with Gasteiger partial charge in [-0.25, -0.2) is 4.98 Å². The fourth-order valence-corrected chi connectivity index (χ4v) is 5.09. The second-order valence-electron chi connectivity index (χ2n) is 8.07. The Labute approximate surface area is 203 Å². The molecular formula is C28H27NO4S. The van der Waals surface area contributed by atoms with Crippen LogP contribution in [0.3, 0.4) is 0 Å². The lowest BCUT2D eigenvalue weighted by atomic mass is 9.99. The normalized spacial score (nSPS) is 10.9. The first-order chi connectivity index (χ1) is 16.5. The number of pyridine rings is 1. The zero-order valence-corrected chi connectivity index (χ0v) is 20.6. The van der Waals surface area contributed by atoms with Crippen LogP contribution in [-0.4, -0.2) is 30.8 Å². The van der Waals surface area contributed by atoms with Gasteiger partial charge in [0.15, 0.2) is 23.1 Å². The molecular weight excluding hydrogens is 446 g/mol. The summed E-state index contributed by atoms with van der Waals surface area (Å²) in [5, 5.41) is 3.27. The number of Topliss-reactive ketones (excluding diaryl/α,β-unsaturated/α-hetero) is 2. The van der Waals surface area contributed by atoms with Crippen LogP contribution in [0, 0.1) is 6.92 Å². The number of fused-ring (bicyclic) bond motifs is 1. The van der Waals surface area contributed by atoms with Crippen LogP contribution < -0.4 is 9.47 Å². The lowest BCUT2D eigenvalue weighted by molar-refractivity contribution is 0.0915. The molecule has 2 aromatic carbocycles. The summed E-state index contributed by atoms with van der Waals surface area (Å²) in [5.74, 6) is 0.769. The molecule has 0 saturated heterocycles. The molecule has 0 atom stereocenters. The Morgan fingerprint density at radius 3 is 2.44 bits per heavy atom. The Hall–Kier alpha value is -3.51. The molecule has 0 unspecified atom stereocenters. The van der Waals surface area contributed by atoms with E-state index in [1.165, 1.54) is 17.4 Å². The number of methoxy groups -OCH3 is 2. The summed E-state index contributed by atoms with van der Waals surface area (Å²) in [7, 11) is 3.07. The first-order valence-electron chi connectivity index (χ1n) is 11.2. The van der Waals surface area contributed by atoms with E-state index in [4.69, 9.17) is 14.5 Å². The van der Waals surface area contributed by atoms with Gasteiger partial charge in [0.25, 0.3) is 0 Å². The fourth-order valence-electron chi connectivity index (χ4n) is 4.06. The third-order valence-corrected chi connectivity index (χ3v) is 7.11. The van der Waals surface area contributed by atoms with E-state index in [1.807, 2.05) is 12.1 Å². The van der Waals surface area contributed by atoms with Crippen LogP contribution in [0.5, 0.6) is 11.5 Å². The van der Waals surface area contributed by atoms with E-state index in [-0.39, 0.29) is 24.4 Å². The molecule has 0 fully saturated rings. The Morgan fingerprint density at radius 1 is 0.941 bits per heavy atom. The van der Waals surface area contributed by atoms with Crippen molar-refractivity contribution in [1.82, 2.24) is 4.98 Å². The molecule has 4 rings (SSSR count). The highest BCUT2D eigenvalue weighted by Gasteiger charge is 2.18. The minimum absolute atomic E-state index is 0.0918. The van der Waals surface area contributed by atoms with E-state index in [1.54, 1.807) is 42.7 Å². The van der Waals surface area contributed by atoms with Gasteiger partial charge in [-0.1, -0.05) is 31.2 Å². The van der Waals surface area contributed by atoms with Crippen LogP contribution in [0.25, 0.3) is 21.3 Å². The number of aromatic nitrogens is 1. The van der Waals surface area contributed by atoms with E-state index in [2.05, 4.69) is 31.4 Å². The van der Waals surface area contributed by atoms with Gasteiger partial charge in [-0.2, -0.15) is 0 Å². The summed E-state index contributed by atoms with van der Waals surface area (Å²) in [6, 6.07) is 15.0. The molecule has 0 spiro atoms. The molecule has 0 saturated carbocycles. The summed E-state index contributed by atoms with van der Waals surface area (Å²) in [4.78, 5) is 30.5. The van der Waals surface area contributed by atoms with E-state index >= 15 is 0 Å². The number of nitrogens with zero attached hydrogens (tertiary/aromatic N) is 1. The maximum atomic E-state index is 13.0. The van der Waals surface area contributed by atoms with Gasteiger partial charge in [0.1, 0.15) is 5.69 Å². The molecule has 0 aliphatic carbocycles. The van der Waals surface area contributed by atoms with Gasteiger partial charge < -0.3 is 9.47 Å². The number of hydrogen-bond acceptors (Lipinski definition) is 6. The molecule has 0 aliphatic rings. The highest BCUT2D eigenvalue weighted by atomic mass is 32.1. The molecule has 5 nitrogen and oxygen atoms in total. The van der Waals surface area contributed by atoms with Crippen LogP contribution >= 0.6 is 11.3 Å². The van der Waals surface area contributed by atoms with E-state index in [9.17, 15) is 9.59 Å². The van der Waals surface area contributed by atoms with Crippen molar-refractivity contribution in [3.05, 3.63) is 76.3 Å². The standard InChI is InChI=1S/C28H27NO4S/c1-5-18-9-11-22(29-27(18)21-16-34-28-17(2)7-6-8-20(21)28)24(31)13-12-23(30)19-10-14-25(32-3)26(15-19)33-4/h6-11,14-16H,5,12-13H2,1-4H3. The molecule has 0 bridgehead atoms. The average Bonchev–Trinajstić information content (AvgIpc) is 3.31. The fraction of sp³-hybridized carbons (Fsp3) is 0.250. The Balaban J connectivity index is 1.56. The Morgan fingerprint density at radius 2 is 1.71 bits per heavy atom. The van der Waals surface area contributed by atoms with Gasteiger partial charge in [0.05, 0.1) is 19.9 Å². The SMILES string of the molecule is CCc1ccc(C(=O)CCC(=O)c2ccc(OC)c(OC)c2)nc1-c1csc2c(C)cccc12. The number of ether oxygens (including phenoxy) is 2. The van der Waals surface area contributed by atoms with Gasteiger partial charge in [-0.3, -0.25) is 9.59 Å². The lowest BCUT2D eigenvalue weighted by Gasteiger charge is -2.10. The lowest BCUT2D eigenvalue weighted by Crippen LogP contribution is -2.08. The Bertz CT molecular complexity index is 1370. The third-order valence-electron chi connectivity index (χ3n) is 5.98. The highest BCUT2D eigenvalue weighted by Crippen LogP contribution is 2.36. The zero-order valence-electron chi connectivity index (χ0n) is 19.8. The predicted molar refractivity (Wildman–Crippen MR) is 137 cm³/mol. The van der Waals surface area contributed by atoms with Crippen molar-refractivity contribution in [3.8, 4) is 22.8 Å². The molecule has 0 N–H and O–H groups in total. The topological polar surface area (TPSA) is 65.5 Å². The summed E-state index contributed by atoms with van der Waals surface area (Å²) in [5.41, 5.74) is 5.10. The molecule has 34 heavy (non-hydrogen) atoms. The van der Waals surface area contributed by atoms with Crippen molar-refractivity contribution in [2.24, 2.45) is 0 Å². The molecule has 174 valence electrons. The van der Waals surface area contributed by atoms with Gasteiger partial charge in [-0.15, -0.1) is 11.3 Å². The van der Waals surface area contributed by atoms with Crippen molar-refractivity contribution in [1.29, 1.82) is 0 Å². The molecule has 0 radical (unpaired) electrons. The van der Waals surface area contributed by atoms with Gasteiger partial charge in [0.2, 0.25) is 0 Å². The number of rotatable bonds is 9. The van der Waals surface area contributed by atoms with E-state index < -0.39 is 0 Å². The second-order valence-corrected chi connectivity index (χ2v) is 8.95. The summed E-state index contributed by atoms with van der Waals surface area (Å²) in [6.07, 6.45) is 1.01. The van der Waals surface area contributed by atoms with Gasteiger partial charge in [0, 0.05) is 39.4 Å². The number of thiophene rings is 1. The minimum Gasteiger partial charge on any atom is -0.493 e. The van der Waals surface area contributed by atoms with Crippen LogP contribution in [0.2, 0.25) is 0 Å². The van der Waals surface area contributed by atoms with Crippen molar-refractivity contribution in [2.45, 2.75) is 33.1 Å². The minimum atomic E-state index is -0.145. The van der Waals surface area contributed by atoms with Crippen molar-refractivity contribution >= 4 is 33.0 Å². The van der Waals surface area contributed by atoms with Crippen LogP contribution in [0.4, 0.5) is 0 Å². The van der Waals surface area contributed by atoms with Crippen molar-refractivity contribution < 1.29 is 19.1 Å². The molecule has 2 aromatic heterocycles. The first kappa shape index (κ1) is 23.6. The van der Waals surface area contributed by atoms with Gasteiger partial charge in [-0.05, 0) is 48.7 Å². The summed E-state index contributed by atoms with van der Waals surface area (Å²) < 4.78 is 11.7. The second kappa shape index (κ2) is 10.2. The number of aryl methyl sites for hydroxylation is 2. The summed E-state index contributed by atoms with van der Waals surface area (Å²) in [6.45, 7) is 4.19. The third kappa shape index (κ3) is 4.59. The molecule has 2 heterocycles. The molecule has 0 amide bonds. The van der Waals surface area contributed by atoms with Crippen LogP contribution in [0.15, 0.2) is 53.9 Å². The Kier molecular flexibility index (Phi) is 7.08. The average molecular weight is 474 g/mol. The van der Waals surface area contributed by atoms with Crippen LogP contribution in [0.1, 0.15) is 51.7 Å². The zero-order chi connectivity index (χ0) is 24.2. The maximum absolute atomic E-state index is 13.0. The smallest absolute Gasteiger partial charge is 0.181 e. The quantitative estimate of drug-likeness (QED) is 0.253. The molecule has 6 heteroatoms. The molecule has 0 aliphatic heterocycles. The predicted octanol–water partition coefficient (Wildman–Crippen LogP) is 6.70.